The standard InChI is InChI=1S/C16H16N2O2/c1-18(11-15(17)19)16(20)14-10-6-5-9-13(14)12-7-3-2-4-8-12/h2-10H,11H2,1H3,(H2,17,19). The lowest BCUT2D eigenvalue weighted by Crippen LogP contribution is -2.35. The van der Waals surface area contributed by atoms with Gasteiger partial charge in [0.05, 0.1) is 6.54 Å². The number of amides is 2. The van der Waals surface area contributed by atoms with Gasteiger partial charge < -0.3 is 10.6 Å². The maximum absolute atomic E-state index is 12.4. The minimum absolute atomic E-state index is 0.0953. The van der Waals surface area contributed by atoms with Crippen molar-refractivity contribution in [2.75, 3.05) is 13.6 Å². The maximum atomic E-state index is 12.4. The second-order valence-corrected chi connectivity index (χ2v) is 4.54. The van der Waals surface area contributed by atoms with Gasteiger partial charge >= 0.3 is 0 Å². The summed E-state index contributed by atoms with van der Waals surface area (Å²) in [4.78, 5) is 24.6. The van der Waals surface area contributed by atoms with Crippen LogP contribution in [0.5, 0.6) is 0 Å². The zero-order valence-electron chi connectivity index (χ0n) is 11.2. The molecule has 0 spiro atoms. The number of carbonyl (C=O) groups is 2. The Kier molecular flexibility index (Phi) is 4.15. The number of likely N-dealkylation sites (N-methyl/N-ethyl adjacent to an activating group) is 1. The first kappa shape index (κ1) is 13.8. The molecular formula is C16H16N2O2. The summed E-state index contributed by atoms with van der Waals surface area (Å²) in [7, 11) is 1.56. The normalized spacial score (nSPS) is 10.1. The molecule has 0 aliphatic carbocycles. The highest BCUT2D eigenvalue weighted by molar-refractivity contribution is 6.01. The van der Waals surface area contributed by atoms with Crippen LogP contribution in [0.1, 0.15) is 10.4 Å². The summed E-state index contributed by atoms with van der Waals surface area (Å²) >= 11 is 0. The fraction of sp³-hybridized carbons (Fsp3) is 0.125. The Hall–Kier alpha value is -2.62. The van der Waals surface area contributed by atoms with Crippen molar-refractivity contribution in [2.24, 2.45) is 5.73 Å². The number of nitrogens with two attached hydrogens (primary N) is 1. The Labute approximate surface area is 117 Å². The van der Waals surface area contributed by atoms with Gasteiger partial charge in [-0.15, -0.1) is 0 Å². The van der Waals surface area contributed by atoms with Crippen LogP contribution in [0.25, 0.3) is 11.1 Å². The van der Waals surface area contributed by atoms with Crippen LogP contribution in [-0.2, 0) is 4.79 Å². The van der Waals surface area contributed by atoms with E-state index in [1.54, 1.807) is 19.2 Å². The van der Waals surface area contributed by atoms with E-state index in [1.165, 1.54) is 4.90 Å². The van der Waals surface area contributed by atoms with Crippen molar-refractivity contribution in [3.8, 4) is 11.1 Å². The molecular weight excluding hydrogens is 252 g/mol. The van der Waals surface area contributed by atoms with Crippen LogP contribution in [0, 0.1) is 0 Å². The highest BCUT2D eigenvalue weighted by Gasteiger charge is 2.17. The van der Waals surface area contributed by atoms with E-state index in [9.17, 15) is 9.59 Å². The van der Waals surface area contributed by atoms with Crippen LogP contribution in [-0.4, -0.2) is 30.3 Å². The fourth-order valence-electron chi connectivity index (χ4n) is 2.05. The minimum atomic E-state index is -0.530. The number of carbonyl (C=O) groups excluding carboxylic acids is 2. The Bertz CT molecular complexity index is 623. The van der Waals surface area contributed by atoms with Crippen LogP contribution in [0.4, 0.5) is 0 Å². The molecule has 0 bridgehead atoms. The van der Waals surface area contributed by atoms with Crippen LogP contribution in [0.15, 0.2) is 54.6 Å². The number of nitrogens with zero attached hydrogens (tertiary/aromatic N) is 1. The second kappa shape index (κ2) is 6.02. The predicted octanol–water partition coefficient (Wildman–Crippen LogP) is 1.91. The van der Waals surface area contributed by atoms with Crippen LogP contribution >= 0.6 is 0 Å². The van der Waals surface area contributed by atoms with Crippen molar-refractivity contribution in [3.05, 3.63) is 60.2 Å². The monoisotopic (exact) mass is 268 g/mol. The Morgan fingerprint density at radius 2 is 1.60 bits per heavy atom. The molecule has 2 aromatic carbocycles. The third-order valence-corrected chi connectivity index (χ3v) is 2.98. The van der Waals surface area contributed by atoms with Crippen LogP contribution in [0.2, 0.25) is 0 Å². The van der Waals surface area contributed by atoms with Gasteiger partial charge in [-0.05, 0) is 17.2 Å². The number of hydrogen-bond donors (Lipinski definition) is 1. The molecule has 0 atom stereocenters. The quantitative estimate of drug-likeness (QED) is 0.920. The molecule has 0 radical (unpaired) electrons. The minimum Gasteiger partial charge on any atom is -0.368 e. The summed E-state index contributed by atoms with van der Waals surface area (Å²) in [6.45, 7) is -0.0953. The highest BCUT2D eigenvalue weighted by Crippen LogP contribution is 2.24. The third kappa shape index (κ3) is 3.03. The Balaban J connectivity index is 2.38. The lowest BCUT2D eigenvalue weighted by Gasteiger charge is -2.17. The van der Waals surface area contributed by atoms with E-state index < -0.39 is 5.91 Å². The average Bonchev–Trinajstić information content (AvgIpc) is 2.46. The number of hydrogen-bond acceptors (Lipinski definition) is 2. The third-order valence-electron chi connectivity index (χ3n) is 2.98. The van der Waals surface area contributed by atoms with E-state index in [-0.39, 0.29) is 12.5 Å². The summed E-state index contributed by atoms with van der Waals surface area (Å²) < 4.78 is 0. The molecule has 0 aliphatic rings. The van der Waals surface area contributed by atoms with Gasteiger partial charge in [0.1, 0.15) is 0 Å². The first-order valence-electron chi connectivity index (χ1n) is 6.28. The SMILES string of the molecule is CN(CC(N)=O)C(=O)c1ccccc1-c1ccccc1. The number of rotatable bonds is 4. The molecule has 0 aliphatic heterocycles. The van der Waals surface area contributed by atoms with Gasteiger partial charge in [-0.2, -0.15) is 0 Å². The van der Waals surface area contributed by atoms with Crippen molar-refractivity contribution in [2.45, 2.75) is 0 Å². The Morgan fingerprint density at radius 1 is 1.00 bits per heavy atom. The van der Waals surface area contributed by atoms with E-state index in [1.807, 2.05) is 42.5 Å². The summed E-state index contributed by atoms with van der Waals surface area (Å²) in [5, 5.41) is 0. The summed E-state index contributed by atoms with van der Waals surface area (Å²) in [5.74, 6) is -0.749. The summed E-state index contributed by atoms with van der Waals surface area (Å²) in [5.41, 5.74) is 7.49. The smallest absolute Gasteiger partial charge is 0.254 e. The van der Waals surface area contributed by atoms with Gasteiger partial charge in [0.25, 0.3) is 5.91 Å². The molecule has 0 aromatic heterocycles. The molecule has 102 valence electrons. The molecule has 0 saturated heterocycles. The van der Waals surface area contributed by atoms with Crippen molar-refractivity contribution < 1.29 is 9.59 Å². The molecule has 0 fully saturated rings. The summed E-state index contributed by atoms with van der Waals surface area (Å²) in [6, 6.07) is 17.0. The molecule has 20 heavy (non-hydrogen) atoms. The van der Waals surface area contributed by atoms with Gasteiger partial charge in [-0.3, -0.25) is 9.59 Å². The number of benzene rings is 2. The molecule has 0 unspecified atom stereocenters. The van der Waals surface area contributed by atoms with Crippen LogP contribution < -0.4 is 5.73 Å². The first-order chi connectivity index (χ1) is 9.59. The van der Waals surface area contributed by atoms with Gasteiger partial charge in [-0.25, -0.2) is 0 Å². The fourth-order valence-corrected chi connectivity index (χ4v) is 2.05. The zero-order valence-corrected chi connectivity index (χ0v) is 11.2. The van der Waals surface area contributed by atoms with Gasteiger partial charge in [0.15, 0.2) is 0 Å². The molecule has 4 nitrogen and oxygen atoms in total. The Morgan fingerprint density at radius 3 is 2.25 bits per heavy atom. The first-order valence-corrected chi connectivity index (χ1v) is 6.28. The molecule has 0 heterocycles. The summed E-state index contributed by atoms with van der Waals surface area (Å²) in [6.07, 6.45) is 0. The van der Waals surface area contributed by atoms with Crippen molar-refractivity contribution in [3.63, 3.8) is 0 Å². The van der Waals surface area contributed by atoms with Crippen molar-refractivity contribution in [1.29, 1.82) is 0 Å². The van der Waals surface area contributed by atoms with E-state index in [2.05, 4.69) is 0 Å². The lowest BCUT2D eigenvalue weighted by atomic mass is 9.99. The molecule has 0 saturated carbocycles. The lowest BCUT2D eigenvalue weighted by molar-refractivity contribution is -0.118. The second-order valence-electron chi connectivity index (χ2n) is 4.54. The molecule has 2 aromatic rings. The predicted molar refractivity (Wildman–Crippen MR) is 78.0 cm³/mol. The van der Waals surface area contributed by atoms with Gasteiger partial charge in [-0.1, -0.05) is 48.5 Å². The largest absolute Gasteiger partial charge is 0.368 e. The van der Waals surface area contributed by atoms with E-state index in [0.29, 0.717) is 5.56 Å². The van der Waals surface area contributed by atoms with Crippen LogP contribution in [0.3, 0.4) is 0 Å². The maximum Gasteiger partial charge on any atom is 0.254 e. The molecule has 2 amide bonds. The van der Waals surface area contributed by atoms with E-state index in [4.69, 9.17) is 5.73 Å². The van der Waals surface area contributed by atoms with Gasteiger partial charge in [0.2, 0.25) is 5.91 Å². The molecule has 4 heteroatoms. The van der Waals surface area contributed by atoms with E-state index >= 15 is 0 Å². The average molecular weight is 268 g/mol. The van der Waals surface area contributed by atoms with Crippen molar-refractivity contribution in [1.82, 2.24) is 4.90 Å². The molecule has 2 rings (SSSR count). The topological polar surface area (TPSA) is 63.4 Å². The number of primary amides is 1. The van der Waals surface area contributed by atoms with Crippen molar-refractivity contribution >= 4 is 11.8 Å². The highest BCUT2D eigenvalue weighted by atomic mass is 16.2. The molecule has 2 N–H and O–H groups in total. The zero-order chi connectivity index (χ0) is 14.5. The van der Waals surface area contributed by atoms with Gasteiger partial charge in [0, 0.05) is 12.6 Å². The van der Waals surface area contributed by atoms with E-state index in [0.717, 1.165) is 11.1 Å².